The van der Waals surface area contributed by atoms with E-state index in [9.17, 15) is 10.9 Å². The fourth-order valence-electron chi connectivity index (χ4n) is 1.36. The zero-order valence-corrected chi connectivity index (χ0v) is 13.0. The lowest BCUT2D eigenvalue weighted by atomic mass is 10.2. The minimum atomic E-state index is -3.84. The van der Waals surface area contributed by atoms with Gasteiger partial charge in [-0.1, -0.05) is 0 Å². The zero-order valence-electron chi connectivity index (χ0n) is 10.8. The largest absolute Gasteiger partial charge is 0.491 e. The van der Waals surface area contributed by atoms with Crippen LogP contribution in [-0.4, -0.2) is 44.6 Å². The average molecular weight is 398 g/mol. The number of carboxylic acid groups (broad SMARTS) is 1. The predicted octanol–water partition coefficient (Wildman–Crippen LogP) is 1.79. The number of hydrogen-bond acceptors (Lipinski definition) is 6. The van der Waals surface area contributed by atoms with E-state index in [0.717, 1.165) is 0 Å². The molecule has 0 aliphatic rings. The molecule has 0 radical (unpaired) electrons. The van der Waals surface area contributed by atoms with Crippen molar-refractivity contribution < 1.29 is 30.2 Å². The summed E-state index contributed by atoms with van der Waals surface area (Å²) in [5.41, 5.74) is -0.266. The maximum absolute atomic E-state index is 11.0. The molecule has 0 aliphatic carbocycles. The number of carboxylic acids is 1. The minimum Gasteiger partial charge on any atom is -0.491 e. The van der Waals surface area contributed by atoms with Gasteiger partial charge in [0.25, 0.3) is 0 Å². The van der Waals surface area contributed by atoms with Crippen LogP contribution in [0, 0.1) is 3.57 Å². The standard InChI is InChI=1S/C12H15IO7/c1-18-4-5-19-6-7-20-9-2-3-11(13(16)17)10(8-9)12(14)15/h2-3,8H,4-7H2,1H3,(H,14,15). The van der Waals surface area contributed by atoms with E-state index in [1.54, 1.807) is 7.11 Å². The molecule has 0 aromatic heterocycles. The SMILES string of the molecule is COCCOCCOc1ccc(I(=O)=O)c(C(=O)O)c1. The first-order valence-corrected chi connectivity index (χ1v) is 8.52. The van der Waals surface area contributed by atoms with Crippen molar-refractivity contribution in [3.8, 4) is 5.75 Å². The molecule has 0 aliphatic heterocycles. The van der Waals surface area contributed by atoms with E-state index in [1.165, 1.54) is 18.2 Å². The van der Waals surface area contributed by atoms with Crippen molar-refractivity contribution >= 4 is 25.8 Å². The Morgan fingerprint density at radius 2 is 1.90 bits per heavy atom. The molecule has 0 bridgehead atoms. The summed E-state index contributed by atoms with van der Waals surface area (Å²) in [5, 5.41) is 8.96. The van der Waals surface area contributed by atoms with E-state index in [0.29, 0.717) is 25.6 Å². The Kier molecular flexibility index (Phi) is 7.41. The molecule has 0 spiro atoms. The van der Waals surface area contributed by atoms with Crippen molar-refractivity contribution in [2.75, 3.05) is 33.5 Å². The molecule has 8 heteroatoms. The highest BCUT2D eigenvalue weighted by Crippen LogP contribution is 2.25. The molecule has 20 heavy (non-hydrogen) atoms. The molecule has 0 amide bonds. The van der Waals surface area contributed by atoms with E-state index in [2.05, 4.69) is 0 Å². The molecule has 1 aromatic carbocycles. The third kappa shape index (κ3) is 5.39. The van der Waals surface area contributed by atoms with Gasteiger partial charge >= 0.3 is 25.8 Å². The van der Waals surface area contributed by atoms with Crippen LogP contribution >= 0.6 is 19.8 Å². The van der Waals surface area contributed by atoms with Gasteiger partial charge in [-0.15, -0.1) is 0 Å². The van der Waals surface area contributed by atoms with Gasteiger partial charge in [0.2, 0.25) is 0 Å². The summed E-state index contributed by atoms with van der Waals surface area (Å²) in [6.45, 7) is 1.49. The van der Waals surface area contributed by atoms with Crippen LogP contribution < -0.4 is 4.74 Å². The second kappa shape index (κ2) is 8.82. The summed E-state index contributed by atoms with van der Waals surface area (Å²) < 4.78 is 37.1. The Hall–Kier alpha value is -1.26. The van der Waals surface area contributed by atoms with Gasteiger partial charge < -0.3 is 19.3 Å². The number of aromatic carboxylic acids is 1. The summed E-state index contributed by atoms with van der Waals surface area (Å²) in [5.74, 6) is -1.00. The molecule has 0 fully saturated rings. The number of carbonyl (C=O) groups is 1. The lowest BCUT2D eigenvalue weighted by molar-refractivity contribution is 0.0543. The predicted molar refractivity (Wildman–Crippen MR) is 75.7 cm³/mol. The van der Waals surface area contributed by atoms with Gasteiger partial charge in [0, 0.05) is 7.11 Å². The molecule has 0 heterocycles. The summed E-state index contributed by atoms with van der Waals surface area (Å²) >= 11 is -3.84. The topological polar surface area (TPSA) is 99.1 Å². The van der Waals surface area contributed by atoms with E-state index in [-0.39, 0.29) is 15.7 Å². The van der Waals surface area contributed by atoms with Gasteiger partial charge in [-0.05, 0) is 18.2 Å². The highest BCUT2D eigenvalue weighted by Gasteiger charge is 2.15. The highest BCUT2D eigenvalue weighted by molar-refractivity contribution is 14.2. The van der Waals surface area contributed by atoms with Crippen molar-refractivity contribution in [2.24, 2.45) is 0 Å². The number of hydrogen-bond donors (Lipinski definition) is 1. The van der Waals surface area contributed by atoms with Gasteiger partial charge in [0.05, 0.1) is 29.0 Å². The highest BCUT2D eigenvalue weighted by atomic mass is 127. The van der Waals surface area contributed by atoms with E-state index < -0.39 is 25.8 Å². The smallest absolute Gasteiger partial charge is 0.341 e. The van der Waals surface area contributed by atoms with Crippen LogP contribution in [0.5, 0.6) is 5.75 Å². The Labute approximate surface area is 123 Å². The van der Waals surface area contributed by atoms with Gasteiger partial charge in [0.15, 0.2) is 0 Å². The van der Waals surface area contributed by atoms with Gasteiger partial charge in [-0.2, -0.15) is 0 Å². The Bertz CT molecular complexity index is 517. The Morgan fingerprint density at radius 3 is 2.50 bits per heavy atom. The van der Waals surface area contributed by atoms with Crippen molar-refractivity contribution in [1.82, 2.24) is 0 Å². The number of rotatable bonds is 9. The quantitative estimate of drug-likeness (QED) is 0.500. The van der Waals surface area contributed by atoms with Gasteiger partial charge in [-0.3, -0.25) is 0 Å². The maximum atomic E-state index is 11.0. The van der Waals surface area contributed by atoms with E-state index in [4.69, 9.17) is 19.3 Å². The third-order valence-corrected chi connectivity index (χ3v) is 4.15. The molecule has 7 nitrogen and oxygen atoms in total. The fourth-order valence-corrected chi connectivity index (χ4v) is 2.69. The van der Waals surface area contributed by atoms with Crippen LogP contribution in [0.25, 0.3) is 0 Å². The molecular formula is C12H15IO7. The van der Waals surface area contributed by atoms with E-state index in [1.807, 2.05) is 0 Å². The van der Waals surface area contributed by atoms with Crippen molar-refractivity contribution in [3.05, 3.63) is 27.3 Å². The van der Waals surface area contributed by atoms with Crippen molar-refractivity contribution in [2.45, 2.75) is 0 Å². The summed E-state index contributed by atoms with van der Waals surface area (Å²) in [4.78, 5) is 11.0. The molecule has 1 rings (SSSR count). The molecule has 0 atom stereocenters. The van der Waals surface area contributed by atoms with Crippen LogP contribution in [0.2, 0.25) is 0 Å². The average Bonchev–Trinajstić information content (AvgIpc) is 2.42. The molecule has 1 N–H and O–H groups in total. The van der Waals surface area contributed by atoms with Crippen LogP contribution in [-0.2, 0) is 15.6 Å². The second-order valence-electron chi connectivity index (χ2n) is 3.62. The van der Waals surface area contributed by atoms with E-state index >= 15 is 0 Å². The van der Waals surface area contributed by atoms with Gasteiger partial charge in [0.1, 0.15) is 12.4 Å². The summed E-state index contributed by atoms with van der Waals surface area (Å²) in [7, 11) is 1.57. The lowest BCUT2D eigenvalue weighted by Crippen LogP contribution is -2.10. The van der Waals surface area contributed by atoms with Gasteiger partial charge in [-0.25, -0.2) is 10.9 Å². The van der Waals surface area contributed by atoms with Crippen LogP contribution in [0.15, 0.2) is 18.2 Å². The van der Waals surface area contributed by atoms with Crippen molar-refractivity contribution in [3.63, 3.8) is 0 Å². The monoisotopic (exact) mass is 398 g/mol. The number of ether oxygens (including phenoxy) is 3. The molecule has 1 aromatic rings. The molecule has 112 valence electrons. The number of halogens is 1. The zero-order chi connectivity index (χ0) is 15.0. The minimum absolute atomic E-state index is 0.148. The van der Waals surface area contributed by atoms with Crippen LogP contribution in [0.1, 0.15) is 10.4 Å². The first-order chi connectivity index (χ1) is 9.56. The first kappa shape index (κ1) is 16.8. The maximum Gasteiger partial charge on any atom is 0.341 e. The molecule has 0 unspecified atom stereocenters. The summed E-state index contributed by atoms with van der Waals surface area (Å²) in [6, 6.07) is 3.87. The normalized spacial score (nSPS) is 10.7. The molecular weight excluding hydrogens is 383 g/mol. The number of benzene rings is 1. The first-order valence-electron chi connectivity index (χ1n) is 5.68. The number of methoxy groups -OCH3 is 1. The Morgan fingerprint density at radius 1 is 1.20 bits per heavy atom. The lowest BCUT2D eigenvalue weighted by Gasteiger charge is -2.08. The second-order valence-corrected chi connectivity index (χ2v) is 6.02. The molecule has 0 saturated carbocycles. The van der Waals surface area contributed by atoms with Crippen LogP contribution in [0.4, 0.5) is 0 Å². The Balaban J connectivity index is 2.59. The fraction of sp³-hybridized carbons (Fsp3) is 0.417. The summed E-state index contributed by atoms with van der Waals surface area (Å²) in [6.07, 6.45) is 0. The van der Waals surface area contributed by atoms with Crippen molar-refractivity contribution in [1.29, 1.82) is 0 Å². The molecule has 0 saturated heterocycles. The van der Waals surface area contributed by atoms with Crippen LogP contribution in [0.3, 0.4) is 0 Å². The third-order valence-electron chi connectivity index (χ3n) is 2.26.